The molecule has 0 radical (unpaired) electrons. The number of ether oxygens (including phenoxy) is 1. The number of nitrogens with zero attached hydrogens (tertiary/aromatic N) is 2. The summed E-state index contributed by atoms with van der Waals surface area (Å²) in [5.74, 6) is -0.348. The van der Waals surface area contributed by atoms with Crippen molar-refractivity contribution in [3.8, 4) is 5.75 Å². The molecule has 0 aromatic heterocycles. The van der Waals surface area contributed by atoms with E-state index in [2.05, 4.69) is 4.90 Å². The van der Waals surface area contributed by atoms with Crippen molar-refractivity contribution in [3.05, 3.63) is 58.6 Å². The van der Waals surface area contributed by atoms with Crippen molar-refractivity contribution < 1.29 is 14.3 Å². The van der Waals surface area contributed by atoms with Crippen LogP contribution in [-0.4, -0.2) is 49.5 Å². The number of carbonyl (C=O) groups is 2. The Hall–Kier alpha value is -2.73. The van der Waals surface area contributed by atoms with Gasteiger partial charge in [-0.05, 0) is 42.8 Å². The van der Waals surface area contributed by atoms with Crippen LogP contribution in [0.5, 0.6) is 5.75 Å². The lowest BCUT2D eigenvalue weighted by Gasteiger charge is -2.36. The molecule has 27 heavy (non-hydrogen) atoms. The Kier molecular flexibility index (Phi) is 5.86. The Balaban J connectivity index is 1.56. The van der Waals surface area contributed by atoms with E-state index in [1.165, 1.54) is 0 Å². The van der Waals surface area contributed by atoms with Crippen LogP contribution in [0, 0.1) is 6.92 Å². The summed E-state index contributed by atoms with van der Waals surface area (Å²) in [5.41, 5.74) is 7.62. The second kappa shape index (κ2) is 8.31. The Morgan fingerprint density at radius 1 is 1.11 bits per heavy atom. The van der Waals surface area contributed by atoms with Crippen LogP contribution in [0.1, 0.15) is 15.9 Å². The average Bonchev–Trinajstić information content (AvgIpc) is 2.66. The maximum absolute atomic E-state index is 12.5. The third-order valence-corrected chi connectivity index (χ3v) is 4.79. The summed E-state index contributed by atoms with van der Waals surface area (Å²) in [4.78, 5) is 27.9. The number of halogens is 1. The van der Waals surface area contributed by atoms with E-state index in [-0.39, 0.29) is 18.1 Å². The lowest BCUT2D eigenvalue weighted by Crippen LogP contribution is -2.50. The van der Waals surface area contributed by atoms with Gasteiger partial charge in [-0.15, -0.1) is 0 Å². The highest BCUT2D eigenvalue weighted by molar-refractivity contribution is 6.30. The van der Waals surface area contributed by atoms with Gasteiger partial charge in [-0.3, -0.25) is 9.59 Å². The molecule has 0 unspecified atom stereocenters. The van der Waals surface area contributed by atoms with E-state index >= 15 is 0 Å². The molecule has 2 aromatic carbocycles. The fraction of sp³-hybridized carbons (Fsp3) is 0.300. The molecule has 1 aliphatic heterocycles. The minimum absolute atomic E-state index is 0.113. The van der Waals surface area contributed by atoms with Gasteiger partial charge < -0.3 is 20.3 Å². The van der Waals surface area contributed by atoms with Crippen LogP contribution in [0.3, 0.4) is 0 Å². The number of carbonyl (C=O) groups excluding carboxylic acids is 2. The lowest BCUT2D eigenvalue weighted by molar-refractivity contribution is -0.133. The molecular weight excluding hydrogens is 366 g/mol. The van der Waals surface area contributed by atoms with Gasteiger partial charge in [0.15, 0.2) is 6.61 Å². The number of piperazine rings is 1. The fourth-order valence-corrected chi connectivity index (χ4v) is 3.25. The molecule has 2 amide bonds. The molecule has 1 aliphatic rings. The maximum atomic E-state index is 12.5. The zero-order chi connectivity index (χ0) is 19.4. The summed E-state index contributed by atoms with van der Waals surface area (Å²) in [6.45, 7) is 4.41. The van der Waals surface area contributed by atoms with Crippen LogP contribution in [0.2, 0.25) is 5.02 Å². The predicted molar refractivity (Wildman–Crippen MR) is 105 cm³/mol. The van der Waals surface area contributed by atoms with Crippen molar-refractivity contribution in [2.24, 2.45) is 5.73 Å². The van der Waals surface area contributed by atoms with Crippen LogP contribution in [-0.2, 0) is 4.79 Å². The SMILES string of the molecule is Cc1ccc(C(N)=O)c(OCC(=O)N2CCN(c3cccc(Cl)c3)CC2)c1. The predicted octanol–water partition coefficient (Wildman–Crippen LogP) is 2.47. The van der Waals surface area contributed by atoms with Crippen molar-refractivity contribution in [2.45, 2.75) is 6.92 Å². The van der Waals surface area contributed by atoms with E-state index in [0.717, 1.165) is 24.3 Å². The highest BCUT2D eigenvalue weighted by atomic mass is 35.5. The minimum atomic E-state index is -0.576. The van der Waals surface area contributed by atoms with Gasteiger partial charge in [0, 0.05) is 36.9 Å². The Morgan fingerprint density at radius 3 is 2.52 bits per heavy atom. The van der Waals surface area contributed by atoms with Crippen LogP contribution >= 0.6 is 11.6 Å². The van der Waals surface area contributed by atoms with Crippen molar-refractivity contribution in [1.82, 2.24) is 4.90 Å². The maximum Gasteiger partial charge on any atom is 0.260 e. The highest BCUT2D eigenvalue weighted by Gasteiger charge is 2.22. The molecular formula is C20H22ClN3O3. The number of amides is 2. The van der Waals surface area contributed by atoms with Crippen molar-refractivity contribution in [1.29, 1.82) is 0 Å². The second-order valence-electron chi connectivity index (χ2n) is 6.50. The smallest absolute Gasteiger partial charge is 0.260 e. The second-order valence-corrected chi connectivity index (χ2v) is 6.94. The number of aryl methyl sites for hydroxylation is 1. The molecule has 1 fully saturated rings. The molecule has 0 atom stereocenters. The molecule has 6 nitrogen and oxygen atoms in total. The molecule has 0 aliphatic carbocycles. The summed E-state index contributed by atoms with van der Waals surface area (Å²) in [6, 6.07) is 12.8. The minimum Gasteiger partial charge on any atom is -0.483 e. The number of rotatable bonds is 5. The third kappa shape index (κ3) is 4.71. The summed E-state index contributed by atoms with van der Waals surface area (Å²) < 4.78 is 5.60. The first kappa shape index (κ1) is 19.0. The van der Waals surface area contributed by atoms with Gasteiger partial charge in [0.25, 0.3) is 11.8 Å². The summed E-state index contributed by atoms with van der Waals surface area (Å²) >= 11 is 6.05. The Labute approximate surface area is 163 Å². The van der Waals surface area contributed by atoms with Crippen LogP contribution in [0.4, 0.5) is 5.69 Å². The van der Waals surface area contributed by atoms with Crippen LogP contribution in [0.25, 0.3) is 0 Å². The highest BCUT2D eigenvalue weighted by Crippen LogP contribution is 2.22. The van der Waals surface area contributed by atoms with E-state index in [4.69, 9.17) is 22.1 Å². The third-order valence-electron chi connectivity index (χ3n) is 4.56. The summed E-state index contributed by atoms with van der Waals surface area (Å²) in [7, 11) is 0. The van der Waals surface area contributed by atoms with Crippen LogP contribution in [0.15, 0.2) is 42.5 Å². The number of nitrogens with two attached hydrogens (primary N) is 1. The van der Waals surface area contributed by atoms with Gasteiger partial charge in [-0.25, -0.2) is 0 Å². The molecule has 0 saturated carbocycles. The van der Waals surface area contributed by atoms with E-state index < -0.39 is 5.91 Å². The molecule has 3 rings (SSSR count). The van der Waals surface area contributed by atoms with E-state index in [9.17, 15) is 9.59 Å². The van der Waals surface area contributed by atoms with Crippen molar-refractivity contribution in [2.75, 3.05) is 37.7 Å². The first-order chi connectivity index (χ1) is 12.9. The largest absolute Gasteiger partial charge is 0.483 e. The Morgan fingerprint density at radius 2 is 1.85 bits per heavy atom. The topological polar surface area (TPSA) is 75.9 Å². The lowest BCUT2D eigenvalue weighted by atomic mass is 10.1. The van der Waals surface area contributed by atoms with E-state index in [1.54, 1.807) is 23.1 Å². The molecule has 1 saturated heterocycles. The Bertz CT molecular complexity index is 848. The van der Waals surface area contributed by atoms with Gasteiger partial charge in [0.05, 0.1) is 5.56 Å². The summed E-state index contributed by atoms with van der Waals surface area (Å²) in [5, 5.41) is 0.697. The molecule has 2 N–H and O–H groups in total. The monoisotopic (exact) mass is 387 g/mol. The van der Waals surface area contributed by atoms with E-state index in [1.807, 2.05) is 31.2 Å². The molecule has 0 bridgehead atoms. The van der Waals surface area contributed by atoms with Gasteiger partial charge in [0.1, 0.15) is 5.75 Å². The normalized spacial score (nSPS) is 14.1. The molecule has 1 heterocycles. The molecule has 142 valence electrons. The van der Waals surface area contributed by atoms with Gasteiger partial charge in [-0.2, -0.15) is 0 Å². The van der Waals surface area contributed by atoms with Gasteiger partial charge in [-0.1, -0.05) is 23.7 Å². The number of benzene rings is 2. The molecule has 0 spiro atoms. The summed E-state index contributed by atoms with van der Waals surface area (Å²) in [6.07, 6.45) is 0. The zero-order valence-electron chi connectivity index (χ0n) is 15.2. The first-order valence-corrected chi connectivity index (χ1v) is 9.13. The van der Waals surface area contributed by atoms with Gasteiger partial charge >= 0.3 is 0 Å². The number of hydrogen-bond donors (Lipinski definition) is 1. The average molecular weight is 388 g/mol. The first-order valence-electron chi connectivity index (χ1n) is 8.75. The van der Waals surface area contributed by atoms with E-state index in [0.29, 0.717) is 23.9 Å². The van der Waals surface area contributed by atoms with Crippen molar-refractivity contribution >= 4 is 29.1 Å². The standard InChI is InChI=1S/C20H22ClN3O3/c1-14-5-6-17(20(22)26)18(11-14)27-13-19(25)24-9-7-23(8-10-24)16-4-2-3-15(21)12-16/h2-6,11-12H,7-10,13H2,1H3,(H2,22,26). The number of hydrogen-bond acceptors (Lipinski definition) is 4. The quantitative estimate of drug-likeness (QED) is 0.855. The number of anilines is 1. The molecule has 2 aromatic rings. The fourth-order valence-electron chi connectivity index (χ4n) is 3.07. The van der Waals surface area contributed by atoms with Crippen LogP contribution < -0.4 is 15.4 Å². The number of primary amides is 1. The molecule has 7 heteroatoms. The van der Waals surface area contributed by atoms with Crippen molar-refractivity contribution in [3.63, 3.8) is 0 Å². The zero-order valence-corrected chi connectivity index (χ0v) is 15.9. The van der Waals surface area contributed by atoms with Gasteiger partial charge in [0.2, 0.25) is 0 Å².